The van der Waals surface area contributed by atoms with Crippen LogP contribution in [0.2, 0.25) is 0 Å². The molecule has 0 N–H and O–H groups in total. The van der Waals surface area contributed by atoms with Crippen molar-refractivity contribution in [3.05, 3.63) is 92.1 Å². The Hall–Kier alpha value is -3.18. The molecule has 0 atom stereocenters. The Labute approximate surface area is 183 Å². The first kappa shape index (κ1) is 25.4. The zero-order valence-electron chi connectivity index (χ0n) is 16.9. The zero-order valence-corrected chi connectivity index (χ0v) is 16.9. The van der Waals surface area contributed by atoms with Crippen LogP contribution >= 0.6 is 0 Å². The third-order valence-corrected chi connectivity index (χ3v) is 5.29. The average Bonchev–Trinajstić information content (AvgIpc) is 2.81. The predicted octanol–water partition coefficient (Wildman–Crippen LogP) is 7.42. The molecule has 0 amide bonds. The maximum Gasteiger partial charge on any atom is 0.170 e. The molecule has 0 radical (unpaired) electrons. The molecule has 3 aromatic carbocycles. The van der Waals surface area contributed by atoms with E-state index in [9.17, 15) is 52.7 Å². The SMILES string of the molecule is Cc1c(F)c(F)c(CCc2c(F)c(F)c(-c3c(F)c(F)c(C)c(F)c3F)c(F)c2F)c(F)c1F. The van der Waals surface area contributed by atoms with Gasteiger partial charge < -0.3 is 0 Å². The first-order valence-electron chi connectivity index (χ1n) is 9.22. The molecule has 0 saturated heterocycles. The Morgan fingerprint density at radius 1 is 0.324 bits per heavy atom. The molecular weight excluding hydrogens is 492 g/mol. The Kier molecular flexibility index (Phi) is 6.64. The average molecular weight is 502 g/mol. The fourth-order valence-electron chi connectivity index (χ4n) is 3.33. The molecule has 182 valence electrons. The summed E-state index contributed by atoms with van der Waals surface area (Å²) in [4.78, 5) is 0. The van der Waals surface area contributed by atoms with Crippen molar-refractivity contribution in [2.24, 2.45) is 0 Å². The molecule has 12 heteroatoms. The van der Waals surface area contributed by atoms with Gasteiger partial charge in [-0.25, -0.2) is 52.7 Å². The van der Waals surface area contributed by atoms with Crippen LogP contribution in [0.15, 0.2) is 0 Å². The Bertz CT molecular complexity index is 1260. The van der Waals surface area contributed by atoms with E-state index in [1.807, 2.05) is 0 Å². The number of hydrogen-bond donors (Lipinski definition) is 0. The van der Waals surface area contributed by atoms with Gasteiger partial charge in [0.2, 0.25) is 0 Å². The highest BCUT2D eigenvalue weighted by Crippen LogP contribution is 2.38. The van der Waals surface area contributed by atoms with Gasteiger partial charge in [0, 0.05) is 22.3 Å². The maximum absolute atomic E-state index is 14.6. The Morgan fingerprint density at radius 2 is 0.529 bits per heavy atom. The molecule has 0 aliphatic heterocycles. The second-order valence-electron chi connectivity index (χ2n) is 7.22. The van der Waals surface area contributed by atoms with Crippen molar-refractivity contribution >= 4 is 0 Å². The van der Waals surface area contributed by atoms with Crippen LogP contribution in [0.25, 0.3) is 11.1 Å². The standard InChI is InChI=1S/C22H10F12/c1-5-11(23)15(27)7(16(28)12(5)24)3-4-8-17(29)21(33)10(22(34)18(8)30)9-19(31)13(25)6(2)14(26)20(9)32/h3-4H2,1-2H3. The number of hydrogen-bond acceptors (Lipinski definition) is 0. The zero-order chi connectivity index (χ0) is 25.8. The monoisotopic (exact) mass is 502 g/mol. The van der Waals surface area contributed by atoms with Gasteiger partial charge in [-0.2, -0.15) is 0 Å². The summed E-state index contributed by atoms with van der Waals surface area (Å²) < 4.78 is 169. The summed E-state index contributed by atoms with van der Waals surface area (Å²) in [7, 11) is 0. The highest BCUT2D eigenvalue weighted by Gasteiger charge is 2.33. The lowest BCUT2D eigenvalue weighted by Crippen LogP contribution is -2.12. The van der Waals surface area contributed by atoms with Crippen LogP contribution < -0.4 is 0 Å². The first-order valence-corrected chi connectivity index (χ1v) is 9.22. The van der Waals surface area contributed by atoms with E-state index < -0.39 is 116 Å². The number of benzene rings is 3. The minimum absolute atomic E-state index is 0.590. The van der Waals surface area contributed by atoms with Gasteiger partial charge >= 0.3 is 0 Å². The molecule has 0 heterocycles. The van der Waals surface area contributed by atoms with Crippen LogP contribution in [0, 0.1) is 83.7 Å². The first-order chi connectivity index (χ1) is 15.7. The largest absolute Gasteiger partial charge is 0.203 e. The summed E-state index contributed by atoms with van der Waals surface area (Å²) in [5.74, 6) is -25.9. The highest BCUT2D eigenvalue weighted by molar-refractivity contribution is 5.68. The molecule has 0 nitrogen and oxygen atoms in total. The third kappa shape index (κ3) is 3.68. The van der Waals surface area contributed by atoms with Crippen molar-refractivity contribution in [1.29, 1.82) is 0 Å². The number of rotatable bonds is 4. The molecule has 0 saturated carbocycles. The molecule has 0 bridgehead atoms. The fourth-order valence-corrected chi connectivity index (χ4v) is 3.33. The molecule has 34 heavy (non-hydrogen) atoms. The Morgan fingerprint density at radius 3 is 0.824 bits per heavy atom. The normalized spacial score (nSPS) is 11.5. The van der Waals surface area contributed by atoms with Gasteiger partial charge in [0.1, 0.15) is 0 Å². The van der Waals surface area contributed by atoms with E-state index in [2.05, 4.69) is 0 Å². The Balaban J connectivity index is 2.17. The lowest BCUT2D eigenvalue weighted by molar-refractivity contribution is 0.422. The van der Waals surface area contributed by atoms with Crippen LogP contribution in [-0.2, 0) is 12.8 Å². The fraction of sp³-hybridized carbons (Fsp3) is 0.182. The van der Waals surface area contributed by atoms with E-state index >= 15 is 0 Å². The van der Waals surface area contributed by atoms with Gasteiger partial charge in [-0.15, -0.1) is 0 Å². The molecule has 0 aliphatic rings. The van der Waals surface area contributed by atoms with E-state index in [0.29, 0.717) is 13.8 Å². The summed E-state index contributed by atoms with van der Waals surface area (Å²) in [6.45, 7) is 1.30. The van der Waals surface area contributed by atoms with Crippen LogP contribution in [-0.4, -0.2) is 0 Å². The van der Waals surface area contributed by atoms with Crippen LogP contribution in [0.5, 0.6) is 0 Å². The van der Waals surface area contributed by atoms with Crippen molar-refractivity contribution in [3.8, 4) is 11.1 Å². The summed E-state index contributed by atoms with van der Waals surface area (Å²) in [6.07, 6.45) is -2.47. The quantitative estimate of drug-likeness (QED) is 0.257. The second kappa shape index (κ2) is 8.88. The molecule has 3 aromatic rings. The van der Waals surface area contributed by atoms with Crippen molar-refractivity contribution in [1.82, 2.24) is 0 Å². The van der Waals surface area contributed by atoms with E-state index in [0.717, 1.165) is 0 Å². The molecule has 0 spiro atoms. The molecule has 0 aliphatic carbocycles. The van der Waals surface area contributed by atoms with Crippen LogP contribution in [0.3, 0.4) is 0 Å². The lowest BCUT2D eigenvalue weighted by atomic mass is 9.95. The van der Waals surface area contributed by atoms with E-state index in [-0.39, 0.29) is 0 Å². The minimum atomic E-state index is -2.48. The van der Waals surface area contributed by atoms with Crippen LogP contribution in [0.1, 0.15) is 22.3 Å². The topological polar surface area (TPSA) is 0 Å². The summed E-state index contributed by atoms with van der Waals surface area (Å²) >= 11 is 0. The van der Waals surface area contributed by atoms with Gasteiger partial charge in [0.15, 0.2) is 69.8 Å². The van der Waals surface area contributed by atoms with Gasteiger partial charge in [0.25, 0.3) is 0 Å². The molecule has 0 aromatic heterocycles. The second-order valence-corrected chi connectivity index (χ2v) is 7.22. The molecular formula is C22H10F12. The van der Waals surface area contributed by atoms with Gasteiger partial charge in [-0.1, -0.05) is 0 Å². The minimum Gasteiger partial charge on any atom is -0.203 e. The molecule has 0 unspecified atom stereocenters. The van der Waals surface area contributed by atoms with Gasteiger partial charge in [-0.3, -0.25) is 0 Å². The van der Waals surface area contributed by atoms with Gasteiger partial charge in [0.05, 0.1) is 11.1 Å². The van der Waals surface area contributed by atoms with Crippen molar-refractivity contribution in [3.63, 3.8) is 0 Å². The summed E-state index contributed by atoms with van der Waals surface area (Å²) in [5, 5.41) is 0. The molecule has 3 rings (SSSR count). The number of halogens is 12. The van der Waals surface area contributed by atoms with Crippen LogP contribution in [0.4, 0.5) is 52.7 Å². The van der Waals surface area contributed by atoms with E-state index in [1.54, 1.807) is 0 Å². The summed E-state index contributed by atoms with van der Waals surface area (Å²) in [5.41, 5.74) is -9.30. The van der Waals surface area contributed by atoms with E-state index in [4.69, 9.17) is 0 Å². The lowest BCUT2D eigenvalue weighted by Gasteiger charge is -2.15. The maximum atomic E-state index is 14.6. The third-order valence-electron chi connectivity index (χ3n) is 5.29. The van der Waals surface area contributed by atoms with Crippen molar-refractivity contribution in [2.75, 3.05) is 0 Å². The molecule has 0 fully saturated rings. The highest BCUT2D eigenvalue weighted by atomic mass is 19.2. The smallest absolute Gasteiger partial charge is 0.170 e. The van der Waals surface area contributed by atoms with Gasteiger partial charge in [-0.05, 0) is 26.7 Å². The van der Waals surface area contributed by atoms with E-state index in [1.165, 1.54) is 0 Å². The predicted molar refractivity (Wildman–Crippen MR) is 94.7 cm³/mol. The summed E-state index contributed by atoms with van der Waals surface area (Å²) in [6, 6.07) is 0. The van der Waals surface area contributed by atoms with Crippen molar-refractivity contribution < 1.29 is 52.7 Å². The van der Waals surface area contributed by atoms with Crippen molar-refractivity contribution in [2.45, 2.75) is 26.7 Å².